The number of nitrogens with zero attached hydrogens (tertiary/aromatic N) is 1. The number of hydrogen-bond acceptors (Lipinski definition) is 3. The van der Waals surface area contributed by atoms with E-state index < -0.39 is 0 Å². The normalized spacial score (nSPS) is 14.4. The van der Waals surface area contributed by atoms with E-state index >= 15 is 0 Å². The summed E-state index contributed by atoms with van der Waals surface area (Å²) in [5.74, 6) is -0.0224. The van der Waals surface area contributed by atoms with Crippen molar-refractivity contribution in [1.82, 2.24) is 10.2 Å². The zero-order valence-corrected chi connectivity index (χ0v) is 10.1. The maximum Gasteiger partial charge on any atom is 0.256 e. The number of aromatic nitrogens is 2. The summed E-state index contributed by atoms with van der Waals surface area (Å²) in [6.45, 7) is 0. The van der Waals surface area contributed by atoms with Crippen LogP contribution in [0.2, 0.25) is 0 Å². The second-order valence-corrected chi connectivity index (χ2v) is 5.16. The summed E-state index contributed by atoms with van der Waals surface area (Å²) in [5.41, 5.74) is 2.80. The molecule has 0 saturated heterocycles. The Bertz CT molecular complexity index is 530. The van der Waals surface area contributed by atoms with Crippen LogP contribution in [0.25, 0.3) is 0 Å². The molecule has 0 aliphatic heterocycles. The van der Waals surface area contributed by atoms with Gasteiger partial charge in [0.25, 0.3) is 5.91 Å². The lowest BCUT2D eigenvalue weighted by Gasteiger charge is -2.12. The van der Waals surface area contributed by atoms with Crippen molar-refractivity contribution in [3.8, 4) is 0 Å². The van der Waals surface area contributed by atoms with Gasteiger partial charge in [0.05, 0.1) is 17.4 Å². The van der Waals surface area contributed by atoms with E-state index in [1.165, 1.54) is 23.3 Å². The predicted octanol–water partition coefficient (Wildman–Crippen LogP) is 2.60. The minimum absolute atomic E-state index is 0.0224. The number of carbonyl (C=O) groups excluding carboxylic acids is 1. The monoisotopic (exact) mass is 247 g/mol. The Morgan fingerprint density at radius 2 is 2.29 bits per heavy atom. The van der Waals surface area contributed by atoms with Crippen LogP contribution in [-0.2, 0) is 12.8 Å². The van der Waals surface area contributed by atoms with Crippen LogP contribution >= 0.6 is 11.3 Å². The third-order valence-electron chi connectivity index (χ3n) is 3.06. The van der Waals surface area contributed by atoms with E-state index in [9.17, 15) is 4.79 Å². The molecule has 2 heterocycles. The minimum atomic E-state index is -0.0224. The van der Waals surface area contributed by atoms with E-state index in [1.54, 1.807) is 23.7 Å². The smallest absolute Gasteiger partial charge is 0.256 e. The van der Waals surface area contributed by atoms with Crippen molar-refractivity contribution in [2.45, 2.75) is 25.7 Å². The zero-order valence-electron chi connectivity index (χ0n) is 9.32. The van der Waals surface area contributed by atoms with Crippen molar-refractivity contribution in [2.24, 2.45) is 0 Å². The molecule has 0 fully saturated rings. The number of amides is 1. The van der Waals surface area contributed by atoms with Gasteiger partial charge in [-0.05, 0) is 31.2 Å². The molecule has 0 bridgehead atoms. The summed E-state index contributed by atoms with van der Waals surface area (Å²) >= 11 is 1.71. The first-order chi connectivity index (χ1) is 8.34. The Kier molecular flexibility index (Phi) is 2.68. The van der Waals surface area contributed by atoms with Gasteiger partial charge in [0.15, 0.2) is 0 Å². The highest BCUT2D eigenvalue weighted by atomic mass is 32.1. The van der Waals surface area contributed by atoms with Crippen molar-refractivity contribution in [2.75, 3.05) is 5.32 Å². The van der Waals surface area contributed by atoms with Crippen molar-refractivity contribution < 1.29 is 4.79 Å². The third kappa shape index (κ3) is 1.98. The van der Waals surface area contributed by atoms with Crippen LogP contribution in [-0.4, -0.2) is 16.1 Å². The third-order valence-corrected chi connectivity index (χ3v) is 4.15. The van der Waals surface area contributed by atoms with E-state index in [4.69, 9.17) is 0 Å². The van der Waals surface area contributed by atoms with Crippen LogP contribution in [0.15, 0.2) is 17.8 Å². The molecule has 2 N–H and O–H groups in total. The fourth-order valence-electron chi connectivity index (χ4n) is 2.20. The summed E-state index contributed by atoms with van der Waals surface area (Å²) in [7, 11) is 0. The SMILES string of the molecule is O=C(Nc1cn[nH]c1)c1csc2c1CCCC2. The van der Waals surface area contributed by atoms with Gasteiger partial charge in [0.1, 0.15) is 0 Å². The molecule has 0 aromatic carbocycles. The van der Waals surface area contributed by atoms with Crippen molar-refractivity contribution in [1.29, 1.82) is 0 Å². The maximum atomic E-state index is 12.1. The van der Waals surface area contributed by atoms with Crippen LogP contribution in [0.3, 0.4) is 0 Å². The summed E-state index contributed by atoms with van der Waals surface area (Å²) in [6.07, 6.45) is 7.88. The molecule has 0 unspecified atom stereocenters. The zero-order chi connectivity index (χ0) is 11.7. The number of fused-ring (bicyclic) bond motifs is 1. The van der Waals surface area contributed by atoms with E-state index in [1.807, 2.05) is 5.38 Å². The molecule has 88 valence electrons. The summed E-state index contributed by atoms with van der Waals surface area (Å²) in [4.78, 5) is 13.5. The molecule has 1 aliphatic carbocycles. The highest BCUT2D eigenvalue weighted by Gasteiger charge is 2.20. The molecule has 2 aromatic heterocycles. The molecule has 0 radical (unpaired) electrons. The molecule has 5 heteroatoms. The van der Waals surface area contributed by atoms with Crippen LogP contribution in [0.4, 0.5) is 5.69 Å². The summed E-state index contributed by atoms with van der Waals surface area (Å²) < 4.78 is 0. The molecular formula is C12H13N3OS. The Labute approximate surface area is 103 Å². The van der Waals surface area contributed by atoms with Crippen LogP contribution in [0.5, 0.6) is 0 Å². The molecule has 17 heavy (non-hydrogen) atoms. The molecule has 0 atom stereocenters. The first-order valence-corrected chi connectivity index (χ1v) is 6.62. The van der Waals surface area contributed by atoms with Crippen molar-refractivity contribution >= 4 is 22.9 Å². The van der Waals surface area contributed by atoms with E-state index in [0.717, 1.165) is 18.4 Å². The molecule has 4 nitrogen and oxygen atoms in total. The number of aryl methyl sites for hydroxylation is 1. The maximum absolute atomic E-state index is 12.1. The summed E-state index contributed by atoms with van der Waals surface area (Å²) in [5, 5.41) is 11.3. The molecule has 1 amide bonds. The van der Waals surface area contributed by atoms with Gasteiger partial charge in [0.2, 0.25) is 0 Å². The topological polar surface area (TPSA) is 57.8 Å². The average molecular weight is 247 g/mol. The van der Waals surface area contributed by atoms with Crippen LogP contribution in [0, 0.1) is 0 Å². The fraction of sp³-hybridized carbons (Fsp3) is 0.333. The second-order valence-electron chi connectivity index (χ2n) is 4.20. The lowest BCUT2D eigenvalue weighted by Crippen LogP contribution is -2.14. The van der Waals surface area contributed by atoms with E-state index in [-0.39, 0.29) is 5.91 Å². The number of H-pyrrole nitrogens is 1. The predicted molar refractivity (Wildman–Crippen MR) is 67.5 cm³/mol. The number of nitrogens with one attached hydrogen (secondary N) is 2. The van der Waals surface area contributed by atoms with Gasteiger partial charge in [-0.1, -0.05) is 0 Å². The molecule has 2 aromatic rings. The van der Waals surface area contributed by atoms with Gasteiger partial charge >= 0.3 is 0 Å². The molecule has 1 aliphatic rings. The van der Waals surface area contributed by atoms with Crippen LogP contribution in [0.1, 0.15) is 33.6 Å². The largest absolute Gasteiger partial charge is 0.319 e. The van der Waals surface area contributed by atoms with E-state index in [2.05, 4.69) is 15.5 Å². The standard InChI is InChI=1S/C12H13N3OS/c16-12(15-8-5-13-14-6-8)10-7-17-11-4-2-1-3-9(10)11/h5-7H,1-4H2,(H,13,14)(H,15,16). The van der Waals surface area contributed by atoms with Gasteiger partial charge in [-0.25, -0.2) is 0 Å². The Morgan fingerprint density at radius 3 is 3.12 bits per heavy atom. The highest BCUT2D eigenvalue weighted by molar-refractivity contribution is 7.10. The Hall–Kier alpha value is -1.62. The molecule has 3 rings (SSSR count). The number of rotatable bonds is 2. The average Bonchev–Trinajstić information content (AvgIpc) is 2.96. The first-order valence-electron chi connectivity index (χ1n) is 5.74. The number of anilines is 1. The van der Waals surface area contributed by atoms with Crippen molar-refractivity contribution in [3.63, 3.8) is 0 Å². The quantitative estimate of drug-likeness (QED) is 0.857. The minimum Gasteiger partial charge on any atom is -0.319 e. The first kappa shape index (κ1) is 10.5. The van der Waals surface area contributed by atoms with Gasteiger partial charge in [-0.2, -0.15) is 5.10 Å². The molecular weight excluding hydrogens is 234 g/mol. The number of hydrogen-bond donors (Lipinski definition) is 2. The summed E-state index contributed by atoms with van der Waals surface area (Å²) in [6, 6.07) is 0. The lowest BCUT2D eigenvalue weighted by molar-refractivity contribution is 0.102. The van der Waals surface area contributed by atoms with Crippen LogP contribution < -0.4 is 5.32 Å². The second kappa shape index (κ2) is 4.33. The Morgan fingerprint density at radius 1 is 1.41 bits per heavy atom. The lowest BCUT2D eigenvalue weighted by atomic mass is 9.95. The number of carbonyl (C=O) groups is 1. The van der Waals surface area contributed by atoms with Gasteiger partial charge in [-0.15, -0.1) is 11.3 Å². The van der Waals surface area contributed by atoms with E-state index in [0.29, 0.717) is 5.69 Å². The van der Waals surface area contributed by atoms with Crippen molar-refractivity contribution in [3.05, 3.63) is 33.8 Å². The number of thiophene rings is 1. The molecule has 0 saturated carbocycles. The van der Waals surface area contributed by atoms with Gasteiger partial charge < -0.3 is 5.32 Å². The fourth-order valence-corrected chi connectivity index (χ4v) is 3.33. The molecule has 0 spiro atoms. The van der Waals surface area contributed by atoms with Gasteiger partial charge in [-0.3, -0.25) is 9.89 Å². The van der Waals surface area contributed by atoms with Gasteiger partial charge in [0, 0.05) is 16.5 Å². The highest BCUT2D eigenvalue weighted by Crippen LogP contribution is 2.30. The Balaban J connectivity index is 1.84. The number of aromatic amines is 1.